The summed E-state index contributed by atoms with van der Waals surface area (Å²) in [6.07, 6.45) is 1.93. The van der Waals surface area contributed by atoms with Crippen molar-refractivity contribution >= 4 is 11.6 Å². The lowest BCUT2D eigenvalue weighted by atomic mass is 10.2. The molecule has 1 aromatic heterocycles. The van der Waals surface area contributed by atoms with Crippen LogP contribution < -0.4 is 10.9 Å². The van der Waals surface area contributed by atoms with Crippen molar-refractivity contribution in [3.05, 3.63) is 74.7 Å². The van der Waals surface area contributed by atoms with Crippen LogP contribution in [0.5, 0.6) is 0 Å². The molecular formula is C18H20N4O4. The standard InChI is InChI=1S/C18H20N4O4/c23-17(13-21-12-16(22(25)26)6-7-18(21)24)19-15-8-9-20(11-15)10-14-4-2-1-3-5-14/h1-7,12,15H,8-11,13H2,(H,19,23). The Bertz CT molecular complexity index is 850. The number of rotatable bonds is 6. The molecule has 1 N–H and O–H groups in total. The summed E-state index contributed by atoms with van der Waals surface area (Å²) in [5.74, 6) is -0.320. The minimum absolute atomic E-state index is 0.0145. The van der Waals surface area contributed by atoms with Crippen LogP contribution in [0.4, 0.5) is 5.69 Å². The number of hydrogen-bond donors (Lipinski definition) is 1. The van der Waals surface area contributed by atoms with Crippen LogP contribution in [0, 0.1) is 10.1 Å². The fraction of sp³-hybridized carbons (Fsp3) is 0.333. The summed E-state index contributed by atoms with van der Waals surface area (Å²) in [6.45, 7) is 2.23. The third kappa shape index (κ3) is 4.54. The van der Waals surface area contributed by atoms with Gasteiger partial charge in [0, 0.05) is 37.8 Å². The average molecular weight is 356 g/mol. The van der Waals surface area contributed by atoms with Gasteiger partial charge in [0.1, 0.15) is 6.54 Å². The highest BCUT2D eigenvalue weighted by atomic mass is 16.6. The van der Waals surface area contributed by atoms with Crippen LogP contribution in [-0.2, 0) is 17.9 Å². The molecule has 1 amide bonds. The number of nitrogens with zero attached hydrogens (tertiary/aromatic N) is 3. The number of nitrogens with one attached hydrogen (secondary N) is 1. The van der Waals surface area contributed by atoms with E-state index >= 15 is 0 Å². The molecule has 2 heterocycles. The molecule has 8 heteroatoms. The summed E-state index contributed by atoms with van der Waals surface area (Å²) in [5, 5.41) is 13.7. The lowest BCUT2D eigenvalue weighted by Gasteiger charge is -2.17. The van der Waals surface area contributed by atoms with Crippen molar-refractivity contribution in [3.63, 3.8) is 0 Å². The summed E-state index contributed by atoms with van der Waals surface area (Å²) in [7, 11) is 0. The molecule has 1 aliphatic rings. The summed E-state index contributed by atoms with van der Waals surface area (Å²) in [6, 6.07) is 12.4. The number of likely N-dealkylation sites (tertiary alicyclic amines) is 1. The number of amides is 1. The summed E-state index contributed by atoms with van der Waals surface area (Å²) >= 11 is 0. The Kier molecular flexibility index (Phi) is 5.43. The largest absolute Gasteiger partial charge is 0.350 e. The molecule has 136 valence electrons. The summed E-state index contributed by atoms with van der Waals surface area (Å²) < 4.78 is 1.06. The fourth-order valence-electron chi connectivity index (χ4n) is 3.11. The average Bonchev–Trinajstić information content (AvgIpc) is 3.04. The molecule has 26 heavy (non-hydrogen) atoms. The van der Waals surface area contributed by atoms with Crippen LogP contribution in [0.15, 0.2) is 53.5 Å². The molecular weight excluding hydrogens is 336 g/mol. The van der Waals surface area contributed by atoms with Gasteiger partial charge < -0.3 is 5.32 Å². The van der Waals surface area contributed by atoms with Gasteiger partial charge in [-0.05, 0) is 12.0 Å². The normalized spacial score (nSPS) is 17.2. The quantitative estimate of drug-likeness (QED) is 0.618. The second kappa shape index (κ2) is 7.92. The molecule has 0 radical (unpaired) electrons. The topological polar surface area (TPSA) is 97.5 Å². The lowest BCUT2D eigenvalue weighted by molar-refractivity contribution is -0.385. The van der Waals surface area contributed by atoms with Crippen molar-refractivity contribution in [1.82, 2.24) is 14.8 Å². The zero-order valence-electron chi connectivity index (χ0n) is 14.2. The summed E-state index contributed by atoms with van der Waals surface area (Å²) in [5.41, 5.74) is 0.567. The second-order valence-corrected chi connectivity index (χ2v) is 6.38. The predicted octanol–water partition coefficient (Wildman–Crippen LogP) is 1.15. The molecule has 0 spiro atoms. The van der Waals surface area contributed by atoms with Gasteiger partial charge in [-0.3, -0.25) is 29.2 Å². The van der Waals surface area contributed by atoms with E-state index in [2.05, 4.69) is 22.3 Å². The predicted molar refractivity (Wildman–Crippen MR) is 95.6 cm³/mol. The van der Waals surface area contributed by atoms with Gasteiger partial charge >= 0.3 is 0 Å². The number of pyridine rings is 1. The van der Waals surface area contributed by atoms with Gasteiger partial charge in [0.05, 0.1) is 11.1 Å². The maximum Gasteiger partial charge on any atom is 0.285 e. The molecule has 8 nitrogen and oxygen atoms in total. The fourth-order valence-corrected chi connectivity index (χ4v) is 3.11. The van der Waals surface area contributed by atoms with Gasteiger partial charge in [-0.2, -0.15) is 0 Å². The van der Waals surface area contributed by atoms with Crippen LogP contribution >= 0.6 is 0 Å². The van der Waals surface area contributed by atoms with Crippen molar-refractivity contribution in [2.45, 2.75) is 25.6 Å². The SMILES string of the molecule is O=C(Cn1cc([N+](=O)[O-])ccc1=O)NC1CCN(Cc2ccccc2)C1. The van der Waals surface area contributed by atoms with Crippen LogP contribution in [0.3, 0.4) is 0 Å². The van der Waals surface area contributed by atoms with Crippen LogP contribution in [0.2, 0.25) is 0 Å². The van der Waals surface area contributed by atoms with Gasteiger partial charge in [-0.25, -0.2) is 0 Å². The number of aromatic nitrogens is 1. The Balaban J connectivity index is 1.54. The molecule has 3 rings (SSSR count). The van der Waals surface area contributed by atoms with Gasteiger partial charge in [0.25, 0.3) is 11.2 Å². The van der Waals surface area contributed by atoms with E-state index in [-0.39, 0.29) is 24.2 Å². The maximum absolute atomic E-state index is 12.2. The molecule has 1 unspecified atom stereocenters. The van der Waals surface area contributed by atoms with E-state index in [9.17, 15) is 19.7 Å². The number of nitro groups is 1. The first kappa shape index (κ1) is 17.8. The van der Waals surface area contributed by atoms with E-state index in [1.54, 1.807) is 0 Å². The molecule has 1 aromatic carbocycles. The molecule has 0 bridgehead atoms. The summed E-state index contributed by atoms with van der Waals surface area (Å²) in [4.78, 5) is 36.5. The molecule has 1 aliphatic heterocycles. The smallest absolute Gasteiger partial charge is 0.285 e. The second-order valence-electron chi connectivity index (χ2n) is 6.38. The monoisotopic (exact) mass is 356 g/mol. The number of carbonyl (C=O) groups excluding carboxylic acids is 1. The lowest BCUT2D eigenvalue weighted by Crippen LogP contribution is -2.40. The van der Waals surface area contributed by atoms with E-state index in [0.717, 1.165) is 49.0 Å². The third-order valence-electron chi connectivity index (χ3n) is 4.38. The number of carbonyl (C=O) groups is 1. The van der Waals surface area contributed by atoms with Crippen molar-refractivity contribution in [2.24, 2.45) is 0 Å². The van der Waals surface area contributed by atoms with E-state index in [1.807, 2.05) is 18.2 Å². The number of benzene rings is 1. The van der Waals surface area contributed by atoms with Crippen molar-refractivity contribution in [2.75, 3.05) is 13.1 Å². The Morgan fingerprint density at radius 2 is 2.00 bits per heavy atom. The Morgan fingerprint density at radius 3 is 2.73 bits per heavy atom. The highest BCUT2D eigenvalue weighted by Crippen LogP contribution is 2.13. The van der Waals surface area contributed by atoms with Gasteiger partial charge in [0.15, 0.2) is 0 Å². The minimum atomic E-state index is -0.591. The minimum Gasteiger partial charge on any atom is -0.350 e. The first-order chi connectivity index (χ1) is 12.5. The molecule has 0 saturated carbocycles. The third-order valence-corrected chi connectivity index (χ3v) is 4.38. The van der Waals surface area contributed by atoms with E-state index in [1.165, 1.54) is 5.56 Å². The molecule has 1 atom stereocenters. The highest BCUT2D eigenvalue weighted by Gasteiger charge is 2.24. The zero-order chi connectivity index (χ0) is 18.5. The molecule has 0 aliphatic carbocycles. The van der Waals surface area contributed by atoms with Crippen LogP contribution in [0.1, 0.15) is 12.0 Å². The van der Waals surface area contributed by atoms with Gasteiger partial charge in [-0.15, -0.1) is 0 Å². The highest BCUT2D eigenvalue weighted by molar-refractivity contribution is 5.76. The Morgan fingerprint density at radius 1 is 1.23 bits per heavy atom. The zero-order valence-corrected chi connectivity index (χ0v) is 14.2. The van der Waals surface area contributed by atoms with E-state index < -0.39 is 10.5 Å². The van der Waals surface area contributed by atoms with E-state index in [4.69, 9.17) is 0 Å². The van der Waals surface area contributed by atoms with E-state index in [0.29, 0.717) is 0 Å². The van der Waals surface area contributed by atoms with Gasteiger partial charge in [-0.1, -0.05) is 30.3 Å². The Labute approximate surface area is 150 Å². The number of hydrogen-bond acceptors (Lipinski definition) is 5. The molecule has 1 saturated heterocycles. The van der Waals surface area contributed by atoms with Crippen molar-refractivity contribution < 1.29 is 9.72 Å². The first-order valence-electron chi connectivity index (χ1n) is 8.42. The van der Waals surface area contributed by atoms with Crippen LogP contribution in [0.25, 0.3) is 0 Å². The molecule has 2 aromatic rings. The molecule has 1 fully saturated rings. The van der Waals surface area contributed by atoms with Gasteiger partial charge in [0.2, 0.25) is 5.91 Å². The van der Waals surface area contributed by atoms with Crippen LogP contribution in [-0.4, -0.2) is 39.4 Å². The van der Waals surface area contributed by atoms with Crippen molar-refractivity contribution in [1.29, 1.82) is 0 Å². The van der Waals surface area contributed by atoms with Crippen molar-refractivity contribution in [3.8, 4) is 0 Å². The first-order valence-corrected chi connectivity index (χ1v) is 8.42. The Hall–Kier alpha value is -3.00. The maximum atomic E-state index is 12.2.